The first-order valence-electron chi connectivity index (χ1n) is 4.05. The van der Waals surface area contributed by atoms with E-state index >= 15 is 0 Å². The van der Waals surface area contributed by atoms with Gasteiger partial charge >= 0.3 is 11.9 Å². The van der Waals surface area contributed by atoms with Crippen molar-refractivity contribution < 1.29 is 19.4 Å². The van der Waals surface area contributed by atoms with Gasteiger partial charge in [0, 0.05) is 0 Å². The minimum Gasteiger partial charge on any atom is -0.479 e. The first-order valence-corrected chi connectivity index (χ1v) is 4.05. The third-order valence-electron chi connectivity index (χ3n) is 1.63. The monoisotopic (exact) mass is 189 g/mol. The Morgan fingerprint density at radius 3 is 2.08 bits per heavy atom. The van der Waals surface area contributed by atoms with Crippen LogP contribution in [0.2, 0.25) is 0 Å². The van der Waals surface area contributed by atoms with E-state index in [0.717, 1.165) is 0 Å². The highest BCUT2D eigenvalue weighted by atomic mass is 16.6. The number of carboxylic acid groups (broad SMARTS) is 1. The normalized spacial score (nSPS) is 15.2. The largest absolute Gasteiger partial charge is 0.479 e. The number of hydrogen-bond donors (Lipinski definition) is 2. The number of aliphatic carboxylic acids is 1. The van der Waals surface area contributed by atoms with Gasteiger partial charge in [-0.1, -0.05) is 13.8 Å². The fourth-order valence-electron chi connectivity index (χ4n) is 0.575. The molecule has 1 unspecified atom stereocenters. The number of carbonyl (C=O) groups excluding carboxylic acids is 1. The standard InChI is InChI=1S/C8H15NO4/c1-4(2)6(9)8(12)13-5(3)7(10)11/h4-6H,9H2,1-3H3,(H,10,11)/t5?,6-/m0/s1. The number of carbonyl (C=O) groups is 2. The zero-order chi connectivity index (χ0) is 10.6. The summed E-state index contributed by atoms with van der Waals surface area (Å²) in [6.45, 7) is 4.81. The predicted molar refractivity (Wildman–Crippen MR) is 46.0 cm³/mol. The molecule has 0 bridgehead atoms. The Balaban J connectivity index is 4.08. The quantitative estimate of drug-likeness (QED) is 0.607. The van der Waals surface area contributed by atoms with Crippen molar-refractivity contribution >= 4 is 11.9 Å². The smallest absolute Gasteiger partial charge is 0.344 e. The molecule has 0 aromatic heterocycles. The van der Waals surface area contributed by atoms with E-state index in [-0.39, 0.29) is 5.92 Å². The van der Waals surface area contributed by atoms with Crippen LogP contribution < -0.4 is 5.73 Å². The first-order chi connectivity index (χ1) is 5.86. The highest BCUT2D eigenvalue weighted by molar-refractivity contribution is 5.80. The van der Waals surface area contributed by atoms with Crippen LogP contribution in [-0.4, -0.2) is 29.2 Å². The maximum absolute atomic E-state index is 11.1. The summed E-state index contributed by atoms with van der Waals surface area (Å²) in [5.41, 5.74) is 5.44. The number of rotatable bonds is 4. The van der Waals surface area contributed by atoms with Gasteiger partial charge in [0.2, 0.25) is 0 Å². The van der Waals surface area contributed by atoms with Gasteiger partial charge in [0.1, 0.15) is 6.04 Å². The van der Waals surface area contributed by atoms with E-state index in [1.165, 1.54) is 6.92 Å². The average Bonchev–Trinajstić information content (AvgIpc) is 2.02. The van der Waals surface area contributed by atoms with Gasteiger partial charge < -0.3 is 15.6 Å². The average molecular weight is 189 g/mol. The molecule has 76 valence electrons. The van der Waals surface area contributed by atoms with Crippen molar-refractivity contribution in [1.29, 1.82) is 0 Å². The fourth-order valence-corrected chi connectivity index (χ4v) is 0.575. The van der Waals surface area contributed by atoms with Crippen molar-refractivity contribution in [3.63, 3.8) is 0 Å². The van der Waals surface area contributed by atoms with Crippen molar-refractivity contribution in [2.75, 3.05) is 0 Å². The topological polar surface area (TPSA) is 89.6 Å². The number of esters is 1. The van der Waals surface area contributed by atoms with Crippen LogP contribution >= 0.6 is 0 Å². The van der Waals surface area contributed by atoms with Gasteiger partial charge in [0.05, 0.1) is 0 Å². The summed E-state index contributed by atoms with van der Waals surface area (Å²) in [6.07, 6.45) is -1.14. The van der Waals surface area contributed by atoms with E-state index in [1.54, 1.807) is 13.8 Å². The van der Waals surface area contributed by atoms with Crippen LogP contribution in [0.3, 0.4) is 0 Å². The minimum absolute atomic E-state index is 0.0616. The zero-order valence-corrected chi connectivity index (χ0v) is 7.98. The molecule has 3 N–H and O–H groups in total. The molecule has 5 heteroatoms. The van der Waals surface area contributed by atoms with Crippen LogP contribution in [0.25, 0.3) is 0 Å². The molecule has 0 spiro atoms. The lowest BCUT2D eigenvalue weighted by atomic mass is 10.1. The van der Waals surface area contributed by atoms with E-state index in [9.17, 15) is 9.59 Å². The minimum atomic E-state index is -1.18. The predicted octanol–water partition coefficient (Wildman–Crippen LogP) is -0.0140. The van der Waals surface area contributed by atoms with Crippen LogP contribution in [0.5, 0.6) is 0 Å². The Bertz CT molecular complexity index is 202. The molecule has 0 aliphatic heterocycles. The summed E-state index contributed by atoms with van der Waals surface area (Å²) in [5.74, 6) is -1.91. The fraction of sp³-hybridized carbons (Fsp3) is 0.750. The Morgan fingerprint density at radius 1 is 1.31 bits per heavy atom. The van der Waals surface area contributed by atoms with Crippen LogP contribution in [0, 0.1) is 5.92 Å². The second kappa shape index (κ2) is 4.81. The maximum atomic E-state index is 11.1. The number of hydrogen-bond acceptors (Lipinski definition) is 4. The van der Waals surface area contributed by atoms with Crippen molar-refractivity contribution in [2.24, 2.45) is 11.7 Å². The van der Waals surface area contributed by atoms with E-state index in [4.69, 9.17) is 10.8 Å². The molecule has 0 rings (SSSR count). The highest BCUT2D eigenvalue weighted by Crippen LogP contribution is 2.02. The molecule has 0 saturated carbocycles. The molecule has 0 amide bonds. The molecular weight excluding hydrogens is 174 g/mol. The van der Waals surface area contributed by atoms with Crippen molar-refractivity contribution in [3.8, 4) is 0 Å². The second-order valence-electron chi connectivity index (χ2n) is 3.19. The SMILES string of the molecule is CC(OC(=O)[C@@H](N)C(C)C)C(=O)O. The summed E-state index contributed by atoms with van der Waals surface area (Å²) in [6, 6.07) is -0.762. The molecule has 0 aliphatic rings. The molecular formula is C8H15NO4. The van der Waals surface area contributed by atoms with Crippen molar-refractivity contribution in [3.05, 3.63) is 0 Å². The van der Waals surface area contributed by atoms with Crippen LogP contribution in [-0.2, 0) is 14.3 Å². The molecule has 0 heterocycles. The van der Waals surface area contributed by atoms with Crippen molar-refractivity contribution in [2.45, 2.75) is 32.9 Å². The number of ether oxygens (including phenoxy) is 1. The third-order valence-corrected chi connectivity index (χ3v) is 1.63. The van der Waals surface area contributed by atoms with Gasteiger partial charge in [0.25, 0.3) is 0 Å². The summed E-state index contributed by atoms with van der Waals surface area (Å²) in [7, 11) is 0. The summed E-state index contributed by atoms with van der Waals surface area (Å²) >= 11 is 0. The Morgan fingerprint density at radius 2 is 1.77 bits per heavy atom. The number of nitrogens with two attached hydrogens (primary N) is 1. The molecule has 5 nitrogen and oxygen atoms in total. The van der Waals surface area contributed by atoms with Gasteiger partial charge in [-0.15, -0.1) is 0 Å². The van der Waals surface area contributed by atoms with Gasteiger partial charge in [-0.2, -0.15) is 0 Å². The van der Waals surface area contributed by atoms with E-state index in [1.807, 2.05) is 0 Å². The molecule has 0 aromatic rings. The van der Waals surface area contributed by atoms with Crippen LogP contribution in [0.1, 0.15) is 20.8 Å². The van der Waals surface area contributed by atoms with Crippen LogP contribution in [0.15, 0.2) is 0 Å². The lowest BCUT2D eigenvalue weighted by Gasteiger charge is -2.16. The summed E-state index contributed by atoms with van der Waals surface area (Å²) < 4.78 is 4.57. The van der Waals surface area contributed by atoms with Crippen LogP contribution in [0.4, 0.5) is 0 Å². The molecule has 0 aliphatic carbocycles. The summed E-state index contributed by atoms with van der Waals surface area (Å²) in [4.78, 5) is 21.4. The van der Waals surface area contributed by atoms with E-state index in [0.29, 0.717) is 0 Å². The molecule has 0 aromatic carbocycles. The lowest BCUT2D eigenvalue weighted by Crippen LogP contribution is -2.39. The van der Waals surface area contributed by atoms with Gasteiger partial charge in [-0.05, 0) is 12.8 Å². The second-order valence-corrected chi connectivity index (χ2v) is 3.19. The molecule has 2 atom stereocenters. The molecule has 0 radical (unpaired) electrons. The number of carboxylic acids is 1. The lowest BCUT2D eigenvalue weighted by molar-refractivity contribution is -0.164. The van der Waals surface area contributed by atoms with Gasteiger partial charge in [-0.25, -0.2) is 4.79 Å². The molecule has 0 fully saturated rings. The summed E-state index contributed by atoms with van der Waals surface area (Å²) in [5, 5.41) is 8.43. The van der Waals surface area contributed by atoms with E-state index < -0.39 is 24.1 Å². The van der Waals surface area contributed by atoms with Gasteiger partial charge in [-0.3, -0.25) is 4.79 Å². The highest BCUT2D eigenvalue weighted by Gasteiger charge is 2.23. The zero-order valence-electron chi connectivity index (χ0n) is 7.98. The molecule has 0 saturated heterocycles. The Kier molecular flexibility index (Phi) is 4.40. The van der Waals surface area contributed by atoms with Gasteiger partial charge in [0.15, 0.2) is 6.10 Å². The van der Waals surface area contributed by atoms with Crippen molar-refractivity contribution in [1.82, 2.24) is 0 Å². The third kappa shape index (κ3) is 3.89. The molecule has 13 heavy (non-hydrogen) atoms. The first kappa shape index (κ1) is 11.9. The van der Waals surface area contributed by atoms with E-state index in [2.05, 4.69) is 4.74 Å². The maximum Gasteiger partial charge on any atom is 0.344 e. The Labute approximate surface area is 76.9 Å². The Hall–Kier alpha value is -1.10.